The number of phosphoric acid groups is 1. The molecular formula is C61H118N2O6P+. The van der Waals surface area contributed by atoms with E-state index in [4.69, 9.17) is 9.05 Å². The minimum absolute atomic E-state index is 0.0565. The van der Waals surface area contributed by atoms with E-state index in [2.05, 4.69) is 55.6 Å². The molecule has 0 saturated carbocycles. The molecule has 8 nitrogen and oxygen atoms in total. The van der Waals surface area contributed by atoms with E-state index in [0.29, 0.717) is 17.4 Å². The summed E-state index contributed by atoms with van der Waals surface area (Å²) < 4.78 is 23.5. The highest BCUT2D eigenvalue weighted by Crippen LogP contribution is 2.43. The van der Waals surface area contributed by atoms with Gasteiger partial charge >= 0.3 is 7.82 Å². The number of hydrogen-bond donors (Lipinski definition) is 3. The number of allylic oxidation sites excluding steroid dienone is 7. The Balaban J connectivity index is 3.70. The minimum Gasteiger partial charge on any atom is -0.387 e. The Kier molecular flexibility index (Phi) is 51.2. The summed E-state index contributed by atoms with van der Waals surface area (Å²) in [6, 6.07) is -0.859. The Bertz CT molecular complexity index is 1280. The van der Waals surface area contributed by atoms with E-state index in [1.165, 1.54) is 212 Å². The summed E-state index contributed by atoms with van der Waals surface area (Å²) in [6.45, 7) is 4.69. The number of nitrogens with one attached hydrogen (secondary N) is 1. The van der Waals surface area contributed by atoms with Crippen LogP contribution in [-0.2, 0) is 18.4 Å². The van der Waals surface area contributed by atoms with Gasteiger partial charge in [-0.1, -0.05) is 268 Å². The number of rotatable bonds is 55. The lowest BCUT2D eigenvalue weighted by atomic mass is 10.0. The van der Waals surface area contributed by atoms with Gasteiger partial charge in [0.1, 0.15) is 13.2 Å². The fraction of sp³-hybridized carbons (Fsp3) is 0.852. The maximum absolute atomic E-state index is 12.9. The van der Waals surface area contributed by atoms with Crippen LogP contribution >= 0.6 is 7.82 Å². The first-order valence-electron chi connectivity index (χ1n) is 30.0. The second-order valence-corrected chi connectivity index (χ2v) is 23.2. The molecule has 0 aromatic heterocycles. The summed E-state index contributed by atoms with van der Waals surface area (Å²) >= 11 is 0. The number of aliphatic hydroxyl groups excluding tert-OH is 1. The third-order valence-corrected chi connectivity index (χ3v) is 14.5. The lowest BCUT2D eigenvalue weighted by Crippen LogP contribution is -2.45. The van der Waals surface area contributed by atoms with E-state index in [-0.39, 0.29) is 19.1 Å². The average molecular weight is 1010 g/mol. The van der Waals surface area contributed by atoms with Gasteiger partial charge in [-0.15, -0.1) is 0 Å². The van der Waals surface area contributed by atoms with E-state index in [1.807, 2.05) is 27.2 Å². The molecule has 0 heterocycles. The van der Waals surface area contributed by atoms with Crippen LogP contribution in [-0.4, -0.2) is 73.4 Å². The van der Waals surface area contributed by atoms with E-state index in [0.717, 1.165) is 51.4 Å². The molecule has 0 saturated heterocycles. The highest BCUT2D eigenvalue weighted by Gasteiger charge is 2.27. The standard InChI is InChI=1S/C61H117N2O6P/c1-6-8-10-12-14-15-16-17-18-19-20-21-22-23-24-25-26-27-28-29-30-31-32-33-34-35-36-37-38-39-40-41-42-43-44-45-46-47-49-51-53-55-61(65)62-59(60(64)54-52-50-48-13-11-9-7-2)58-69-70(66,67)68-57-56-63(3,4)5/h11,13,16-17,19-20,52,54,59-60,64H,6-10,12,14-15,18,21-51,53,55-58H2,1-5H3,(H-,62,65,66,67)/p+1/b13-11+,17-16-,20-19-,54-52+. The molecule has 0 radical (unpaired) electrons. The zero-order chi connectivity index (χ0) is 51.3. The third-order valence-electron chi connectivity index (χ3n) is 13.5. The molecule has 9 heteroatoms. The van der Waals surface area contributed by atoms with Crippen molar-refractivity contribution in [3.8, 4) is 0 Å². The summed E-state index contributed by atoms with van der Waals surface area (Å²) in [7, 11) is 1.56. The van der Waals surface area contributed by atoms with Crippen molar-refractivity contribution in [2.24, 2.45) is 0 Å². The monoisotopic (exact) mass is 1010 g/mol. The van der Waals surface area contributed by atoms with Gasteiger partial charge in [0, 0.05) is 6.42 Å². The van der Waals surface area contributed by atoms with Crippen LogP contribution in [0.5, 0.6) is 0 Å². The van der Waals surface area contributed by atoms with Crippen molar-refractivity contribution in [1.29, 1.82) is 0 Å². The van der Waals surface area contributed by atoms with E-state index in [9.17, 15) is 19.4 Å². The number of likely N-dealkylation sites (N-methyl/N-ethyl adjacent to an activating group) is 1. The van der Waals surface area contributed by atoms with E-state index >= 15 is 0 Å². The van der Waals surface area contributed by atoms with Gasteiger partial charge in [0.05, 0.1) is 39.9 Å². The van der Waals surface area contributed by atoms with Crippen molar-refractivity contribution < 1.29 is 32.9 Å². The number of quaternary nitrogens is 1. The number of aliphatic hydroxyl groups is 1. The molecule has 0 spiro atoms. The average Bonchev–Trinajstić information content (AvgIpc) is 3.32. The second-order valence-electron chi connectivity index (χ2n) is 21.7. The molecule has 0 aromatic carbocycles. The number of phosphoric ester groups is 1. The Morgan fingerprint density at radius 2 is 0.857 bits per heavy atom. The van der Waals surface area contributed by atoms with Gasteiger partial charge < -0.3 is 19.8 Å². The maximum Gasteiger partial charge on any atom is 0.472 e. The van der Waals surface area contributed by atoms with Crippen molar-refractivity contribution in [1.82, 2.24) is 5.32 Å². The van der Waals surface area contributed by atoms with Crippen molar-refractivity contribution in [2.75, 3.05) is 40.9 Å². The van der Waals surface area contributed by atoms with Crippen LogP contribution in [0.3, 0.4) is 0 Å². The van der Waals surface area contributed by atoms with Gasteiger partial charge in [-0.05, 0) is 57.8 Å². The van der Waals surface area contributed by atoms with Gasteiger partial charge in [0.25, 0.3) is 0 Å². The molecule has 1 amide bonds. The Labute approximate surface area is 435 Å². The molecule has 0 aliphatic heterocycles. The first-order valence-corrected chi connectivity index (χ1v) is 31.5. The van der Waals surface area contributed by atoms with Gasteiger partial charge in [-0.2, -0.15) is 0 Å². The smallest absolute Gasteiger partial charge is 0.387 e. The molecule has 70 heavy (non-hydrogen) atoms. The zero-order valence-corrected chi connectivity index (χ0v) is 47.9. The molecule has 0 aliphatic rings. The summed E-state index contributed by atoms with van der Waals surface area (Å²) in [5.41, 5.74) is 0. The first kappa shape index (κ1) is 68.5. The molecule has 3 unspecified atom stereocenters. The van der Waals surface area contributed by atoms with Crippen LogP contribution < -0.4 is 5.32 Å². The van der Waals surface area contributed by atoms with Gasteiger partial charge in [0.15, 0.2) is 0 Å². The summed E-state index contributed by atoms with van der Waals surface area (Å²) in [6.07, 6.45) is 70.2. The van der Waals surface area contributed by atoms with E-state index < -0.39 is 20.0 Å². The Morgan fingerprint density at radius 1 is 0.486 bits per heavy atom. The second kappa shape index (κ2) is 52.3. The van der Waals surface area contributed by atoms with Gasteiger partial charge in [-0.3, -0.25) is 13.8 Å². The normalized spacial score (nSPS) is 14.2. The van der Waals surface area contributed by atoms with Crippen LogP contribution in [0.2, 0.25) is 0 Å². The fourth-order valence-corrected chi connectivity index (χ4v) is 9.54. The number of carbonyl (C=O) groups excluding carboxylic acids is 1. The molecule has 412 valence electrons. The van der Waals surface area contributed by atoms with Crippen LogP contribution in [0, 0.1) is 0 Å². The molecule has 0 aromatic rings. The number of carbonyl (C=O) groups is 1. The zero-order valence-electron chi connectivity index (χ0n) is 47.0. The number of unbranched alkanes of at least 4 members (excludes halogenated alkanes) is 36. The van der Waals surface area contributed by atoms with Crippen LogP contribution in [0.25, 0.3) is 0 Å². The Morgan fingerprint density at radius 3 is 1.27 bits per heavy atom. The number of amides is 1. The molecule has 3 atom stereocenters. The van der Waals surface area contributed by atoms with Crippen LogP contribution in [0.15, 0.2) is 48.6 Å². The lowest BCUT2D eigenvalue weighted by molar-refractivity contribution is -0.870. The molecule has 0 rings (SSSR count). The van der Waals surface area contributed by atoms with Crippen molar-refractivity contribution in [3.63, 3.8) is 0 Å². The fourth-order valence-electron chi connectivity index (χ4n) is 8.80. The predicted octanol–water partition coefficient (Wildman–Crippen LogP) is 18.3. The lowest BCUT2D eigenvalue weighted by Gasteiger charge is -2.25. The largest absolute Gasteiger partial charge is 0.472 e. The SMILES string of the molecule is CCC/C=C/CC/C=C/C(O)C(COP(=O)(O)OCC[N+](C)(C)C)NC(=O)CCCCCCCCCCCCCCCCCCCCCCCCCCCCCCC/C=C\C/C=C\CCCCCCC. The van der Waals surface area contributed by atoms with Gasteiger partial charge in [0.2, 0.25) is 5.91 Å². The molecule has 0 aliphatic carbocycles. The van der Waals surface area contributed by atoms with Crippen LogP contribution in [0.4, 0.5) is 0 Å². The highest BCUT2D eigenvalue weighted by molar-refractivity contribution is 7.47. The third kappa shape index (κ3) is 54.2. The van der Waals surface area contributed by atoms with Crippen molar-refractivity contribution >= 4 is 13.7 Å². The summed E-state index contributed by atoms with van der Waals surface area (Å²) in [5.74, 6) is -0.188. The number of hydrogen-bond acceptors (Lipinski definition) is 5. The molecule has 3 N–H and O–H groups in total. The summed E-state index contributed by atoms with van der Waals surface area (Å²) in [5, 5.41) is 13.7. The molecule has 0 fully saturated rings. The predicted molar refractivity (Wildman–Crippen MR) is 304 cm³/mol. The quantitative estimate of drug-likeness (QED) is 0.0243. The van der Waals surface area contributed by atoms with Crippen molar-refractivity contribution in [3.05, 3.63) is 48.6 Å². The highest BCUT2D eigenvalue weighted by atomic mass is 31.2. The van der Waals surface area contributed by atoms with Crippen molar-refractivity contribution in [2.45, 2.75) is 296 Å². The minimum atomic E-state index is -4.34. The van der Waals surface area contributed by atoms with E-state index in [1.54, 1.807) is 6.08 Å². The summed E-state index contributed by atoms with van der Waals surface area (Å²) in [4.78, 5) is 23.1. The number of nitrogens with zero attached hydrogens (tertiary/aromatic N) is 1. The molecular weight excluding hydrogens is 888 g/mol. The molecule has 0 bridgehead atoms. The van der Waals surface area contributed by atoms with Crippen LogP contribution in [0.1, 0.15) is 284 Å². The first-order chi connectivity index (χ1) is 34.0. The topological polar surface area (TPSA) is 105 Å². The van der Waals surface area contributed by atoms with Gasteiger partial charge in [-0.25, -0.2) is 4.57 Å². The maximum atomic E-state index is 12.9. The Hall–Kier alpha value is -1.54.